The molecule has 162 valence electrons. The molecule has 1 aromatic heterocycles. The van der Waals surface area contributed by atoms with Crippen LogP contribution in [0.15, 0.2) is 18.3 Å². The van der Waals surface area contributed by atoms with E-state index in [1.54, 1.807) is 6.92 Å². The molecule has 3 rings (SSSR count). The molecule has 0 saturated carbocycles. The van der Waals surface area contributed by atoms with Gasteiger partial charge in [-0.25, -0.2) is 22.1 Å². The van der Waals surface area contributed by atoms with E-state index in [-0.39, 0.29) is 28.9 Å². The quantitative estimate of drug-likeness (QED) is 0.647. The molecule has 0 unspecified atom stereocenters. The zero-order valence-corrected chi connectivity index (χ0v) is 17.8. The van der Waals surface area contributed by atoms with Gasteiger partial charge >= 0.3 is 0 Å². The van der Waals surface area contributed by atoms with Gasteiger partial charge in [-0.1, -0.05) is 0 Å². The van der Waals surface area contributed by atoms with Crippen molar-refractivity contribution in [2.75, 3.05) is 36.5 Å². The number of sulfonamides is 1. The van der Waals surface area contributed by atoms with Crippen molar-refractivity contribution in [1.82, 2.24) is 15.3 Å². The Hall–Kier alpha value is -2.79. The third-order valence-corrected chi connectivity index (χ3v) is 6.15. The van der Waals surface area contributed by atoms with Gasteiger partial charge in [-0.2, -0.15) is 4.98 Å². The van der Waals surface area contributed by atoms with Crippen LogP contribution >= 0.6 is 0 Å². The van der Waals surface area contributed by atoms with Crippen LogP contribution < -0.4 is 20.1 Å². The number of halogens is 1. The number of ether oxygens (including phenoxy) is 1. The molecular formula is C19H24FN5O4S. The van der Waals surface area contributed by atoms with E-state index < -0.39 is 21.6 Å². The van der Waals surface area contributed by atoms with E-state index in [0.29, 0.717) is 37.2 Å². The number of benzene rings is 1. The second kappa shape index (κ2) is 8.52. The average molecular weight is 437 g/mol. The second-order valence-corrected chi connectivity index (χ2v) is 9.00. The highest BCUT2D eigenvalue weighted by molar-refractivity contribution is 7.92. The molecule has 0 aliphatic carbocycles. The Kier molecular flexibility index (Phi) is 6.22. The Labute approximate surface area is 174 Å². The van der Waals surface area contributed by atoms with Crippen LogP contribution in [0.3, 0.4) is 0 Å². The van der Waals surface area contributed by atoms with Crippen molar-refractivity contribution in [1.29, 1.82) is 0 Å². The summed E-state index contributed by atoms with van der Waals surface area (Å²) in [5.41, 5.74) is 6.14. The SMILES string of the molecule is COc1cc(C(=O)c2cnc(N(C3CCNCC3)S(C)(=O)=O)nc2N)c(F)cc1C. The van der Waals surface area contributed by atoms with Gasteiger partial charge in [-0.05, 0) is 50.6 Å². The predicted octanol–water partition coefficient (Wildman–Crippen LogP) is 1.26. The van der Waals surface area contributed by atoms with Crippen molar-refractivity contribution < 1.29 is 22.3 Å². The number of carbonyl (C=O) groups is 1. The van der Waals surface area contributed by atoms with Crippen LogP contribution in [0.5, 0.6) is 5.75 Å². The number of ketones is 1. The molecule has 0 atom stereocenters. The summed E-state index contributed by atoms with van der Waals surface area (Å²) in [5.74, 6) is -1.44. The van der Waals surface area contributed by atoms with Crippen LogP contribution in [0.4, 0.5) is 16.2 Å². The second-order valence-electron chi connectivity index (χ2n) is 7.14. The first-order chi connectivity index (χ1) is 14.1. The number of nitrogens with zero attached hydrogens (tertiary/aromatic N) is 3. The largest absolute Gasteiger partial charge is 0.496 e. The standard InChI is InChI=1S/C19H24FN5O4S/c1-11-8-15(20)13(9-16(11)29-2)17(26)14-10-23-19(24-18(14)21)25(30(3,27)28)12-4-6-22-7-5-12/h8-10,12,22H,4-7H2,1-3H3,(H2,21,23,24). The first-order valence-corrected chi connectivity index (χ1v) is 11.2. The smallest absolute Gasteiger partial charge is 0.241 e. The summed E-state index contributed by atoms with van der Waals surface area (Å²) >= 11 is 0. The van der Waals surface area contributed by atoms with Gasteiger partial charge in [-0.3, -0.25) is 4.79 Å². The number of nitrogens with two attached hydrogens (primary N) is 1. The lowest BCUT2D eigenvalue weighted by molar-refractivity contribution is 0.103. The van der Waals surface area contributed by atoms with E-state index >= 15 is 0 Å². The highest BCUT2D eigenvalue weighted by Gasteiger charge is 2.31. The number of nitrogen functional groups attached to an aromatic ring is 1. The first-order valence-electron chi connectivity index (χ1n) is 9.35. The third kappa shape index (κ3) is 4.36. The lowest BCUT2D eigenvalue weighted by Crippen LogP contribution is -2.46. The Morgan fingerprint density at radius 2 is 1.97 bits per heavy atom. The molecule has 30 heavy (non-hydrogen) atoms. The maximum absolute atomic E-state index is 14.4. The Bertz CT molecular complexity index is 1070. The maximum Gasteiger partial charge on any atom is 0.241 e. The molecule has 9 nitrogen and oxygen atoms in total. The molecular weight excluding hydrogens is 413 g/mol. The number of nitrogens with one attached hydrogen (secondary N) is 1. The zero-order valence-electron chi connectivity index (χ0n) is 17.0. The van der Waals surface area contributed by atoms with Gasteiger partial charge in [0.25, 0.3) is 0 Å². The minimum absolute atomic E-state index is 0.111. The predicted molar refractivity (Wildman–Crippen MR) is 111 cm³/mol. The highest BCUT2D eigenvalue weighted by Crippen LogP contribution is 2.27. The average Bonchev–Trinajstić information content (AvgIpc) is 2.68. The highest BCUT2D eigenvalue weighted by atomic mass is 32.2. The molecule has 1 saturated heterocycles. The van der Waals surface area contributed by atoms with Crippen molar-refractivity contribution in [3.8, 4) is 5.75 Å². The topological polar surface area (TPSA) is 128 Å². The van der Waals surface area contributed by atoms with E-state index in [4.69, 9.17) is 10.5 Å². The summed E-state index contributed by atoms with van der Waals surface area (Å²) < 4.78 is 45.4. The molecule has 11 heteroatoms. The molecule has 0 radical (unpaired) electrons. The number of methoxy groups -OCH3 is 1. The van der Waals surface area contributed by atoms with Crippen LogP contribution in [0.25, 0.3) is 0 Å². The van der Waals surface area contributed by atoms with Crippen LogP contribution in [0.1, 0.15) is 34.3 Å². The number of carbonyl (C=O) groups excluding carboxylic acids is 1. The maximum atomic E-state index is 14.4. The summed E-state index contributed by atoms with van der Waals surface area (Å²) in [6, 6.07) is 2.17. The minimum Gasteiger partial charge on any atom is -0.496 e. The van der Waals surface area contributed by atoms with Gasteiger partial charge in [0.2, 0.25) is 21.8 Å². The van der Waals surface area contributed by atoms with Crippen LogP contribution in [-0.4, -0.2) is 56.7 Å². The number of aryl methyl sites for hydroxylation is 1. The van der Waals surface area contributed by atoms with Crippen LogP contribution in [0, 0.1) is 12.7 Å². The molecule has 2 heterocycles. The normalized spacial score (nSPS) is 15.1. The van der Waals surface area contributed by atoms with Gasteiger partial charge in [0.05, 0.1) is 30.5 Å². The Morgan fingerprint density at radius 3 is 2.53 bits per heavy atom. The summed E-state index contributed by atoms with van der Waals surface area (Å²) in [6.45, 7) is 2.98. The number of anilines is 2. The number of piperidine rings is 1. The van der Waals surface area contributed by atoms with Gasteiger partial charge in [-0.15, -0.1) is 0 Å². The van der Waals surface area contributed by atoms with Gasteiger partial charge < -0.3 is 15.8 Å². The fraction of sp³-hybridized carbons (Fsp3) is 0.421. The molecule has 0 amide bonds. The van der Waals surface area contributed by atoms with Crippen molar-refractivity contribution in [3.63, 3.8) is 0 Å². The van der Waals surface area contributed by atoms with E-state index in [2.05, 4.69) is 15.3 Å². The number of hydrogen-bond donors (Lipinski definition) is 2. The lowest BCUT2D eigenvalue weighted by atomic mass is 10.0. The molecule has 3 N–H and O–H groups in total. The molecule has 0 spiro atoms. The van der Waals surface area contributed by atoms with Crippen LogP contribution in [0.2, 0.25) is 0 Å². The molecule has 2 aromatic rings. The monoisotopic (exact) mass is 437 g/mol. The van der Waals surface area contributed by atoms with Gasteiger partial charge in [0.1, 0.15) is 17.4 Å². The third-order valence-electron chi connectivity index (χ3n) is 4.97. The zero-order chi connectivity index (χ0) is 22.1. The van der Waals surface area contributed by atoms with Crippen molar-refractivity contribution in [2.24, 2.45) is 0 Å². The fourth-order valence-electron chi connectivity index (χ4n) is 3.48. The van der Waals surface area contributed by atoms with Crippen molar-refractivity contribution >= 4 is 27.6 Å². The number of rotatable bonds is 6. The van der Waals surface area contributed by atoms with E-state index in [1.165, 1.54) is 19.2 Å². The van der Waals surface area contributed by atoms with E-state index in [0.717, 1.165) is 16.8 Å². The summed E-state index contributed by atoms with van der Waals surface area (Å²) in [7, 11) is -2.26. The lowest BCUT2D eigenvalue weighted by Gasteiger charge is -2.32. The minimum atomic E-state index is -3.68. The molecule has 1 aromatic carbocycles. The van der Waals surface area contributed by atoms with Gasteiger partial charge in [0, 0.05) is 6.20 Å². The summed E-state index contributed by atoms with van der Waals surface area (Å²) in [5, 5.41) is 3.17. The summed E-state index contributed by atoms with van der Waals surface area (Å²) in [4.78, 5) is 21.0. The molecule has 0 bridgehead atoms. The Morgan fingerprint density at radius 1 is 1.30 bits per heavy atom. The number of hydrogen-bond acceptors (Lipinski definition) is 8. The van der Waals surface area contributed by atoms with Gasteiger partial charge in [0.15, 0.2) is 0 Å². The van der Waals surface area contributed by atoms with Crippen molar-refractivity contribution in [3.05, 3.63) is 40.8 Å². The van der Waals surface area contributed by atoms with Crippen LogP contribution in [-0.2, 0) is 10.0 Å². The summed E-state index contributed by atoms with van der Waals surface area (Å²) in [6.07, 6.45) is 3.38. The fourth-order valence-corrected chi connectivity index (χ4v) is 4.62. The van der Waals surface area contributed by atoms with Crippen molar-refractivity contribution in [2.45, 2.75) is 25.8 Å². The number of aromatic nitrogens is 2. The first kappa shape index (κ1) is 21.9. The molecule has 1 aliphatic heterocycles. The molecule has 1 aliphatic rings. The van der Waals surface area contributed by atoms with E-state index in [1.807, 2.05) is 0 Å². The van der Waals surface area contributed by atoms with E-state index in [9.17, 15) is 17.6 Å². The Balaban J connectivity index is 1.99. The molecule has 1 fully saturated rings.